The standard InChI is InChI=1S/C21H33BrN4O4/c1-20(2,3)13(17(28)23-7)11-15(27)16-14-12-25(19(29)30-21(4,5)6)9-8-10-26(14)18(22)24-16/h13H,8-12H2,1-7H3,(H,23,28)/t13-/m1/s1. The number of carbonyl (C=O) groups excluding carboxylic acids is 3. The van der Waals surface area contributed by atoms with Crippen molar-refractivity contribution in [2.45, 2.75) is 73.1 Å². The Morgan fingerprint density at radius 1 is 1.17 bits per heavy atom. The maximum atomic E-state index is 13.2. The van der Waals surface area contributed by atoms with E-state index < -0.39 is 17.6 Å². The van der Waals surface area contributed by atoms with Gasteiger partial charge in [-0.3, -0.25) is 9.59 Å². The molecular weight excluding hydrogens is 452 g/mol. The third-order valence-corrected chi connectivity index (χ3v) is 5.70. The molecular formula is C21H33BrN4O4. The number of nitrogens with one attached hydrogen (secondary N) is 1. The first-order chi connectivity index (χ1) is 13.7. The van der Waals surface area contributed by atoms with Gasteiger partial charge in [0.25, 0.3) is 0 Å². The van der Waals surface area contributed by atoms with Crippen LogP contribution in [-0.4, -0.2) is 51.4 Å². The van der Waals surface area contributed by atoms with Crippen molar-refractivity contribution in [3.05, 3.63) is 16.1 Å². The van der Waals surface area contributed by atoms with Crippen LogP contribution in [-0.2, 0) is 22.6 Å². The lowest BCUT2D eigenvalue weighted by molar-refractivity contribution is -0.127. The van der Waals surface area contributed by atoms with Crippen LogP contribution in [0.15, 0.2) is 4.73 Å². The van der Waals surface area contributed by atoms with Crippen molar-refractivity contribution in [2.24, 2.45) is 11.3 Å². The summed E-state index contributed by atoms with van der Waals surface area (Å²) in [6.45, 7) is 12.7. The Morgan fingerprint density at radius 3 is 2.33 bits per heavy atom. The predicted octanol–water partition coefficient (Wildman–Crippen LogP) is 3.77. The highest BCUT2D eigenvalue weighted by molar-refractivity contribution is 9.10. The lowest BCUT2D eigenvalue weighted by Crippen LogP contribution is -2.38. The molecule has 0 radical (unpaired) electrons. The molecule has 1 aromatic rings. The molecule has 0 aliphatic carbocycles. The third kappa shape index (κ3) is 5.83. The van der Waals surface area contributed by atoms with Crippen LogP contribution < -0.4 is 5.32 Å². The van der Waals surface area contributed by atoms with E-state index in [0.29, 0.717) is 29.2 Å². The molecule has 1 aliphatic heterocycles. The number of fused-ring (bicyclic) bond motifs is 1. The normalized spacial score (nSPS) is 15.8. The number of carbonyl (C=O) groups is 3. The van der Waals surface area contributed by atoms with Gasteiger partial charge in [-0.15, -0.1) is 0 Å². The molecule has 0 bridgehead atoms. The zero-order valence-electron chi connectivity index (χ0n) is 19.0. The number of ether oxygens (including phenoxy) is 1. The number of imidazole rings is 1. The van der Waals surface area contributed by atoms with Gasteiger partial charge in [0.15, 0.2) is 10.5 Å². The summed E-state index contributed by atoms with van der Waals surface area (Å²) in [5.74, 6) is -0.867. The van der Waals surface area contributed by atoms with Crippen molar-refractivity contribution in [3.8, 4) is 0 Å². The first-order valence-electron chi connectivity index (χ1n) is 10.2. The molecule has 1 N–H and O–H groups in total. The number of ketones is 1. The fourth-order valence-electron chi connectivity index (χ4n) is 3.48. The van der Waals surface area contributed by atoms with E-state index in [0.717, 1.165) is 6.42 Å². The van der Waals surface area contributed by atoms with E-state index in [9.17, 15) is 14.4 Å². The van der Waals surface area contributed by atoms with Crippen molar-refractivity contribution < 1.29 is 19.1 Å². The Morgan fingerprint density at radius 2 is 1.80 bits per heavy atom. The molecule has 2 heterocycles. The van der Waals surface area contributed by atoms with E-state index in [1.54, 1.807) is 11.9 Å². The minimum absolute atomic E-state index is 0.0477. The average Bonchev–Trinajstić information content (AvgIpc) is 2.79. The van der Waals surface area contributed by atoms with Crippen molar-refractivity contribution >= 4 is 33.7 Å². The van der Waals surface area contributed by atoms with Crippen molar-refractivity contribution in [2.75, 3.05) is 13.6 Å². The average molecular weight is 485 g/mol. The topological polar surface area (TPSA) is 93.5 Å². The third-order valence-electron chi connectivity index (χ3n) is 5.09. The van der Waals surface area contributed by atoms with Crippen LogP contribution in [0.3, 0.4) is 0 Å². The van der Waals surface area contributed by atoms with Gasteiger partial charge >= 0.3 is 6.09 Å². The predicted molar refractivity (Wildman–Crippen MR) is 117 cm³/mol. The number of nitrogens with zero attached hydrogens (tertiary/aromatic N) is 3. The molecule has 2 rings (SSSR count). The number of hydrogen-bond acceptors (Lipinski definition) is 5. The monoisotopic (exact) mass is 484 g/mol. The second-order valence-electron chi connectivity index (χ2n) is 9.74. The molecule has 0 saturated heterocycles. The van der Waals surface area contributed by atoms with Gasteiger partial charge in [-0.05, 0) is 48.5 Å². The van der Waals surface area contributed by atoms with E-state index in [1.807, 2.05) is 46.1 Å². The maximum Gasteiger partial charge on any atom is 0.410 e. The molecule has 30 heavy (non-hydrogen) atoms. The van der Waals surface area contributed by atoms with Gasteiger partial charge in [0.2, 0.25) is 5.91 Å². The largest absolute Gasteiger partial charge is 0.444 e. The van der Waals surface area contributed by atoms with E-state index in [1.165, 1.54) is 0 Å². The number of aromatic nitrogens is 2. The molecule has 0 spiro atoms. The minimum atomic E-state index is -0.601. The Labute approximate surface area is 186 Å². The molecule has 0 unspecified atom stereocenters. The minimum Gasteiger partial charge on any atom is -0.444 e. The van der Waals surface area contributed by atoms with Gasteiger partial charge in [-0.25, -0.2) is 9.78 Å². The number of amides is 2. The van der Waals surface area contributed by atoms with Crippen LogP contribution in [0.5, 0.6) is 0 Å². The Bertz CT molecular complexity index is 820. The van der Waals surface area contributed by atoms with Crippen molar-refractivity contribution in [3.63, 3.8) is 0 Å². The van der Waals surface area contributed by atoms with Gasteiger partial charge in [0.1, 0.15) is 11.3 Å². The smallest absolute Gasteiger partial charge is 0.410 e. The molecule has 0 aromatic carbocycles. The molecule has 1 atom stereocenters. The fraction of sp³-hybridized carbons (Fsp3) is 0.714. The lowest BCUT2D eigenvalue weighted by atomic mass is 9.77. The van der Waals surface area contributed by atoms with E-state index >= 15 is 0 Å². The zero-order chi connectivity index (χ0) is 22.9. The Hall–Kier alpha value is -1.90. The van der Waals surface area contributed by atoms with Gasteiger partial charge in [0, 0.05) is 26.6 Å². The molecule has 2 amide bonds. The highest BCUT2D eigenvalue weighted by Gasteiger charge is 2.35. The lowest BCUT2D eigenvalue weighted by Gasteiger charge is -2.28. The van der Waals surface area contributed by atoms with Gasteiger partial charge in [-0.2, -0.15) is 0 Å². The van der Waals surface area contributed by atoms with Gasteiger partial charge in [-0.1, -0.05) is 20.8 Å². The Kier molecular flexibility index (Phi) is 7.37. The van der Waals surface area contributed by atoms with Crippen molar-refractivity contribution in [1.29, 1.82) is 0 Å². The van der Waals surface area contributed by atoms with Crippen LogP contribution >= 0.6 is 15.9 Å². The molecule has 1 aromatic heterocycles. The molecule has 1 aliphatic rings. The number of Topliss-reactive ketones (excluding diaryl/α,β-unsaturated/α-hetero) is 1. The van der Waals surface area contributed by atoms with E-state index in [-0.39, 0.29) is 30.1 Å². The molecule has 0 saturated carbocycles. The molecule has 8 nitrogen and oxygen atoms in total. The van der Waals surface area contributed by atoms with Crippen LogP contribution in [0.4, 0.5) is 4.79 Å². The summed E-state index contributed by atoms with van der Waals surface area (Å²) in [5, 5.41) is 2.65. The van der Waals surface area contributed by atoms with Crippen LogP contribution in [0.25, 0.3) is 0 Å². The van der Waals surface area contributed by atoms with Crippen molar-refractivity contribution in [1.82, 2.24) is 19.8 Å². The van der Waals surface area contributed by atoms with E-state index in [2.05, 4.69) is 26.2 Å². The molecule has 0 fully saturated rings. The highest BCUT2D eigenvalue weighted by Crippen LogP contribution is 2.32. The summed E-state index contributed by atoms with van der Waals surface area (Å²) in [4.78, 5) is 44.3. The van der Waals surface area contributed by atoms with Gasteiger partial charge < -0.3 is 19.5 Å². The first kappa shape index (κ1) is 24.4. The number of halogens is 1. The highest BCUT2D eigenvalue weighted by atomic mass is 79.9. The summed E-state index contributed by atoms with van der Waals surface area (Å²) >= 11 is 3.45. The summed E-state index contributed by atoms with van der Waals surface area (Å²) in [5.41, 5.74) is -0.0157. The van der Waals surface area contributed by atoms with Crippen LogP contribution in [0.2, 0.25) is 0 Å². The zero-order valence-corrected chi connectivity index (χ0v) is 20.6. The van der Waals surface area contributed by atoms with Crippen LogP contribution in [0.1, 0.15) is 70.6 Å². The summed E-state index contributed by atoms with van der Waals surface area (Å²) in [7, 11) is 1.57. The van der Waals surface area contributed by atoms with E-state index in [4.69, 9.17) is 4.74 Å². The molecule has 168 valence electrons. The summed E-state index contributed by atoms with van der Waals surface area (Å²) in [6, 6.07) is 0. The van der Waals surface area contributed by atoms with Crippen LogP contribution in [0, 0.1) is 11.3 Å². The second-order valence-corrected chi connectivity index (χ2v) is 10.5. The second kappa shape index (κ2) is 9.08. The summed E-state index contributed by atoms with van der Waals surface area (Å²) in [6.07, 6.45) is 0.355. The summed E-state index contributed by atoms with van der Waals surface area (Å²) < 4.78 is 7.99. The Balaban J connectivity index is 2.33. The fourth-order valence-corrected chi connectivity index (χ4v) is 4.05. The number of rotatable bonds is 4. The number of hydrogen-bond donors (Lipinski definition) is 1. The quantitative estimate of drug-likeness (QED) is 0.656. The molecule has 9 heteroatoms. The SMILES string of the molecule is CNC(=O)[C@@H](CC(=O)c1nc(Br)n2c1CN(C(=O)OC(C)(C)C)CCC2)C(C)(C)C. The maximum absolute atomic E-state index is 13.2. The first-order valence-corrected chi connectivity index (χ1v) is 11.0. The van der Waals surface area contributed by atoms with Gasteiger partial charge in [0.05, 0.1) is 18.2 Å².